The van der Waals surface area contributed by atoms with E-state index in [1.807, 2.05) is 16.7 Å². The molecule has 0 aliphatic carbocycles. The SMILES string of the molecule is N#Cc1ccc(Cn2cncc2CN(C(=O)c2ccc(F)cc2)c2ccc(-c3ccc(C(=O)O)o3)cc2)cc1. The van der Waals surface area contributed by atoms with Crippen molar-refractivity contribution in [2.24, 2.45) is 0 Å². The van der Waals surface area contributed by atoms with E-state index in [-0.39, 0.29) is 18.2 Å². The first kappa shape index (κ1) is 25.2. The van der Waals surface area contributed by atoms with Crippen molar-refractivity contribution in [3.05, 3.63) is 131 Å². The highest BCUT2D eigenvalue weighted by atomic mass is 19.1. The Bertz CT molecular complexity index is 1660. The second-order valence-corrected chi connectivity index (χ2v) is 8.74. The number of nitriles is 1. The topological polar surface area (TPSA) is 112 Å². The highest BCUT2D eigenvalue weighted by Crippen LogP contribution is 2.27. The fourth-order valence-electron chi connectivity index (χ4n) is 4.11. The maximum Gasteiger partial charge on any atom is 0.371 e. The number of amides is 1. The number of anilines is 1. The van der Waals surface area contributed by atoms with Gasteiger partial charge in [0.2, 0.25) is 5.76 Å². The molecule has 5 rings (SSSR count). The molecule has 5 aromatic rings. The molecule has 8 nitrogen and oxygen atoms in total. The molecule has 0 saturated carbocycles. The second-order valence-electron chi connectivity index (χ2n) is 8.74. The van der Waals surface area contributed by atoms with E-state index in [1.165, 1.54) is 30.3 Å². The lowest BCUT2D eigenvalue weighted by Crippen LogP contribution is -2.31. The van der Waals surface area contributed by atoms with Crippen molar-refractivity contribution in [2.45, 2.75) is 13.1 Å². The van der Waals surface area contributed by atoms with E-state index in [4.69, 9.17) is 14.8 Å². The van der Waals surface area contributed by atoms with Crippen LogP contribution in [-0.2, 0) is 13.1 Å². The van der Waals surface area contributed by atoms with Crippen LogP contribution in [-0.4, -0.2) is 26.5 Å². The molecule has 0 aliphatic heterocycles. The molecule has 39 heavy (non-hydrogen) atoms. The summed E-state index contributed by atoms with van der Waals surface area (Å²) in [6.07, 6.45) is 3.35. The zero-order chi connectivity index (χ0) is 27.4. The molecule has 0 unspecified atom stereocenters. The summed E-state index contributed by atoms with van der Waals surface area (Å²) >= 11 is 0. The average Bonchev–Trinajstić information content (AvgIpc) is 3.63. The third-order valence-electron chi connectivity index (χ3n) is 6.17. The van der Waals surface area contributed by atoms with Crippen LogP contribution in [0.4, 0.5) is 10.1 Å². The maximum atomic E-state index is 13.6. The van der Waals surface area contributed by atoms with Crippen LogP contribution in [0.5, 0.6) is 0 Å². The summed E-state index contributed by atoms with van der Waals surface area (Å²) in [6, 6.07) is 24.6. The first-order valence-electron chi connectivity index (χ1n) is 11.9. The molecule has 9 heteroatoms. The van der Waals surface area contributed by atoms with E-state index >= 15 is 0 Å². The number of furan rings is 1. The van der Waals surface area contributed by atoms with Gasteiger partial charge in [-0.25, -0.2) is 14.2 Å². The minimum Gasteiger partial charge on any atom is -0.475 e. The Morgan fingerprint density at radius 3 is 2.33 bits per heavy atom. The third kappa shape index (κ3) is 5.60. The van der Waals surface area contributed by atoms with Gasteiger partial charge in [0, 0.05) is 29.6 Å². The Morgan fingerprint density at radius 1 is 0.974 bits per heavy atom. The number of rotatable bonds is 8. The highest BCUT2D eigenvalue weighted by molar-refractivity contribution is 6.06. The number of aromatic carboxylic acids is 1. The van der Waals surface area contributed by atoms with Gasteiger partial charge in [-0.3, -0.25) is 4.79 Å². The number of aromatic nitrogens is 2. The first-order chi connectivity index (χ1) is 18.9. The van der Waals surface area contributed by atoms with Gasteiger partial charge in [0.05, 0.1) is 30.2 Å². The van der Waals surface area contributed by atoms with Crippen LogP contribution in [0, 0.1) is 17.1 Å². The predicted molar refractivity (Wildman–Crippen MR) is 141 cm³/mol. The number of hydrogen-bond donors (Lipinski definition) is 1. The molecule has 192 valence electrons. The van der Waals surface area contributed by atoms with E-state index in [9.17, 15) is 14.0 Å². The fourth-order valence-corrected chi connectivity index (χ4v) is 4.11. The van der Waals surface area contributed by atoms with E-state index < -0.39 is 11.8 Å². The summed E-state index contributed by atoms with van der Waals surface area (Å²) in [5.74, 6) is -1.72. The van der Waals surface area contributed by atoms with Gasteiger partial charge in [0.15, 0.2) is 0 Å². The van der Waals surface area contributed by atoms with Crippen LogP contribution in [0.25, 0.3) is 11.3 Å². The van der Waals surface area contributed by atoms with E-state index in [0.717, 1.165) is 11.3 Å². The van der Waals surface area contributed by atoms with Gasteiger partial charge in [-0.1, -0.05) is 12.1 Å². The molecule has 0 radical (unpaired) electrons. The molecule has 1 N–H and O–H groups in total. The van der Waals surface area contributed by atoms with Crippen LogP contribution >= 0.6 is 0 Å². The summed E-state index contributed by atoms with van der Waals surface area (Å²) in [7, 11) is 0. The normalized spacial score (nSPS) is 10.7. The minimum atomic E-state index is -1.16. The Hall–Kier alpha value is -5.49. The predicted octanol–water partition coefficient (Wildman–Crippen LogP) is 5.75. The maximum absolute atomic E-state index is 13.6. The first-order valence-corrected chi connectivity index (χ1v) is 11.9. The van der Waals surface area contributed by atoms with Gasteiger partial charge < -0.3 is 19.0 Å². The molecule has 0 bridgehead atoms. The van der Waals surface area contributed by atoms with Crippen molar-refractivity contribution in [2.75, 3.05) is 4.90 Å². The molecule has 0 aliphatic rings. The number of benzene rings is 3. The zero-order valence-electron chi connectivity index (χ0n) is 20.5. The molecule has 0 saturated heterocycles. The molecule has 0 atom stereocenters. The third-order valence-corrected chi connectivity index (χ3v) is 6.17. The standard InChI is InChI=1S/C30H21FN4O4/c31-24-9-5-23(6-10-24)29(36)35(25-11-7-22(8-12-25)27-13-14-28(39-27)30(37)38)18-26-16-33-19-34(26)17-21-3-1-20(15-32)2-4-21/h1-14,16,19H,17-18H2,(H,37,38). The van der Waals surface area contributed by atoms with Gasteiger partial charge >= 0.3 is 5.97 Å². The molecule has 3 aromatic carbocycles. The zero-order valence-corrected chi connectivity index (χ0v) is 20.5. The highest BCUT2D eigenvalue weighted by Gasteiger charge is 2.21. The van der Waals surface area contributed by atoms with Crippen LogP contribution in [0.3, 0.4) is 0 Å². The Balaban J connectivity index is 1.45. The molecule has 2 aromatic heterocycles. The number of halogens is 1. The van der Waals surface area contributed by atoms with Crippen molar-refractivity contribution in [1.29, 1.82) is 5.26 Å². The number of hydrogen-bond acceptors (Lipinski definition) is 5. The van der Waals surface area contributed by atoms with Gasteiger partial charge in [-0.15, -0.1) is 0 Å². The largest absolute Gasteiger partial charge is 0.475 e. The van der Waals surface area contributed by atoms with Crippen LogP contribution in [0.2, 0.25) is 0 Å². The lowest BCUT2D eigenvalue weighted by atomic mass is 10.1. The van der Waals surface area contributed by atoms with Gasteiger partial charge in [0.1, 0.15) is 11.6 Å². The van der Waals surface area contributed by atoms with Gasteiger partial charge in [0.25, 0.3) is 5.91 Å². The van der Waals surface area contributed by atoms with Crippen LogP contribution < -0.4 is 4.90 Å². The second kappa shape index (κ2) is 10.9. The summed E-state index contributed by atoms with van der Waals surface area (Å²) in [5, 5.41) is 18.2. The quantitative estimate of drug-likeness (QED) is 0.279. The van der Waals surface area contributed by atoms with Gasteiger partial charge in [-0.2, -0.15) is 5.26 Å². The van der Waals surface area contributed by atoms with Crippen molar-refractivity contribution in [1.82, 2.24) is 9.55 Å². The van der Waals surface area contributed by atoms with Crippen molar-refractivity contribution < 1.29 is 23.5 Å². The fraction of sp³-hybridized carbons (Fsp3) is 0.0667. The van der Waals surface area contributed by atoms with Crippen LogP contribution in [0.1, 0.15) is 37.7 Å². The lowest BCUT2D eigenvalue weighted by Gasteiger charge is -2.24. The Morgan fingerprint density at radius 2 is 1.69 bits per heavy atom. The summed E-state index contributed by atoms with van der Waals surface area (Å²) in [6.45, 7) is 0.665. The number of imidazole rings is 1. The Labute approximate surface area is 222 Å². The smallest absolute Gasteiger partial charge is 0.371 e. The lowest BCUT2D eigenvalue weighted by molar-refractivity contribution is 0.0663. The monoisotopic (exact) mass is 520 g/mol. The molecule has 1 amide bonds. The number of carbonyl (C=O) groups is 2. The van der Waals surface area contributed by atoms with E-state index in [2.05, 4.69) is 11.1 Å². The number of carboxylic acid groups (broad SMARTS) is 1. The number of nitrogens with zero attached hydrogens (tertiary/aromatic N) is 4. The van der Waals surface area contributed by atoms with Gasteiger partial charge in [-0.05, 0) is 78.4 Å². The minimum absolute atomic E-state index is 0.169. The Kier molecular flexibility index (Phi) is 7.01. The molecular formula is C30H21FN4O4. The molecule has 0 spiro atoms. The molecule has 2 heterocycles. The van der Waals surface area contributed by atoms with Crippen molar-refractivity contribution >= 4 is 17.6 Å². The van der Waals surface area contributed by atoms with Crippen molar-refractivity contribution in [3.63, 3.8) is 0 Å². The average molecular weight is 521 g/mol. The number of carboxylic acids is 1. The number of carbonyl (C=O) groups excluding carboxylic acids is 1. The van der Waals surface area contributed by atoms with Crippen molar-refractivity contribution in [3.8, 4) is 17.4 Å². The van der Waals surface area contributed by atoms with Crippen LogP contribution in [0.15, 0.2) is 102 Å². The molecule has 0 fully saturated rings. The summed E-state index contributed by atoms with van der Waals surface area (Å²) < 4.78 is 20.8. The van der Waals surface area contributed by atoms with E-state index in [0.29, 0.717) is 34.7 Å². The summed E-state index contributed by atoms with van der Waals surface area (Å²) in [5.41, 5.74) is 3.83. The molecular weight excluding hydrogens is 499 g/mol. The summed E-state index contributed by atoms with van der Waals surface area (Å²) in [4.78, 5) is 30.6. The van der Waals surface area contributed by atoms with E-state index in [1.54, 1.807) is 59.9 Å².